The molecule has 2 fully saturated rings. The number of hydrogen-bond donors (Lipinski definition) is 0. The van der Waals surface area contributed by atoms with E-state index in [9.17, 15) is 0 Å². The highest BCUT2D eigenvalue weighted by Gasteiger charge is 2.42. The molecule has 2 aliphatic rings. The van der Waals surface area contributed by atoms with Gasteiger partial charge in [0.1, 0.15) is 12.1 Å². The molecule has 150 valence electrons. The van der Waals surface area contributed by atoms with E-state index in [-0.39, 0.29) is 0 Å². The largest absolute Gasteiger partial charge is 0.356 e. The molecule has 4 nitrogen and oxygen atoms in total. The number of nitrogens with zero attached hydrogens (tertiary/aromatic N) is 4. The van der Waals surface area contributed by atoms with Gasteiger partial charge in [0.25, 0.3) is 0 Å². The fourth-order valence-corrected chi connectivity index (χ4v) is 5.75. The highest BCUT2D eigenvalue weighted by molar-refractivity contribution is 6.43. The van der Waals surface area contributed by atoms with Crippen LogP contribution in [-0.4, -0.2) is 28.0 Å². The number of anilines is 1. The van der Waals surface area contributed by atoms with Crippen LogP contribution < -0.4 is 4.90 Å². The molecule has 6 heteroatoms. The number of rotatable bonds is 2. The van der Waals surface area contributed by atoms with E-state index >= 15 is 0 Å². The molecule has 1 aromatic carbocycles. The van der Waals surface area contributed by atoms with Gasteiger partial charge in [-0.2, -0.15) is 0 Å². The number of fused-ring (bicyclic) bond motifs is 1. The number of aromatic nitrogens is 3. The molecule has 0 bridgehead atoms. The Morgan fingerprint density at radius 1 is 1.03 bits per heavy atom. The predicted molar refractivity (Wildman–Crippen MR) is 120 cm³/mol. The molecule has 0 N–H and O–H groups in total. The molecule has 3 aromatic rings. The van der Waals surface area contributed by atoms with Crippen LogP contribution in [0.2, 0.25) is 10.0 Å². The molecular weight excluding hydrogens is 403 g/mol. The van der Waals surface area contributed by atoms with Crippen molar-refractivity contribution >= 4 is 39.9 Å². The van der Waals surface area contributed by atoms with Gasteiger partial charge in [0.2, 0.25) is 0 Å². The van der Waals surface area contributed by atoms with Crippen molar-refractivity contribution in [1.29, 1.82) is 0 Å². The highest BCUT2D eigenvalue weighted by atomic mass is 35.5. The zero-order valence-electron chi connectivity index (χ0n) is 16.5. The van der Waals surface area contributed by atoms with Crippen LogP contribution in [-0.2, 0) is 0 Å². The fraction of sp³-hybridized carbons (Fsp3) is 0.435. The normalized spacial score (nSPS) is 21.2. The van der Waals surface area contributed by atoms with Gasteiger partial charge in [-0.1, -0.05) is 55.1 Å². The Bertz CT molecular complexity index is 1060. The first-order chi connectivity index (χ1) is 14.1. The first kappa shape index (κ1) is 19.1. The van der Waals surface area contributed by atoms with Crippen molar-refractivity contribution in [3.63, 3.8) is 0 Å². The van der Waals surface area contributed by atoms with Crippen molar-refractivity contribution in [1.82, 2.24) is 15.0 Å². The molecule has 1 saturated heterocycles. The SMILES string of the molecule is C[C@@H]1CCCC12CCN(c1ncc(-c3cccc(Cl)c3Cl)c3ncncc13)CC2. The van der Waals surface area contributed by atoms with Gasteiger partial charge >= 0.3 is 0 Å². The third kappa shape index (κ3) is 3.17. The summed E-state index contributed by atoms with van der Waals surface area (Å²) < 4.78 is 0. The van der Waals surface area contributed by atoms with Crippen LogP contribution in [0.3, 0.4) is 0 Å². The summed E-state index contributed by atoms with van der Waals surface area (Å²) in [6.45, 7) is 4.52. The van der Waals surface area contributed by atoms with Crippen LogP contribution in [0.5, 0.6) is 0 Å². The van der Waals surface area contributed by atoms with Crippen molar-refractivity contribution in [3.05, 3.63) is 47.0 Å². The molecule has 1 aliphatic carbocycles. The van der Waals surface area contributed by atoms with Crippen molar-refractivity contribution in [2.24, 2.45) is 11.3 Å². The van der Waals surface area contributed by atoms with Gasteiger partial charge in [-0.3, -0.25) is 0 Å². The lowest BCUT2D eigenvalue weighted by molar-refractivity contribution is 0.161. The van der Waals surface area contributed by atoms with Gasteiger partial charge in [0.15, 0.2) is 0 Å². The lowest BCUT2D eigenvalue weighted by Gasteiger charge is -2.43. The Morgan fingerprint density at radius 2 is 1.86 bits per heavy atom. The van der Waals surface area contributed by atoms with E-state index < -0.39 is 0 Å². The summed E-state index contributed by atoms with van der Waals surface area (Å²) >= 11 is 12.7. The highest BCUT2D eigenvalue weighted by Crippen LogP contribution is 2.51. The minimum absolute atomic E-state index is 0.527. The summed E-state index contributed by atoms with van der Waals surface area (Å²) in [5.41, 5.74) is 3.14. The summed E-state index contributed by atoms with van der Waals surface area (Å²) in [5.74, 6) is 1.81. The number of pyridine rings is 1. The Morgan fingerprint density at radius 3 is 2.62 bits per heavy atom. The van der Waals surface area contributed by atoms with E-state index in [0.717, 1.165) is 46.9 Å². The molecule has 5 rings (SSSR count). The minimum Gasteiger partial charge on any atom is -0.356 e. The van der Waals surface area contributed by atoms with Crippen LogP contribution in [0.1, 0.15) is 39.0 Å². The third-order valence-electron chi connectivity index (χ3n) is 7.18. The Balaban J connectivity index is 1.53. The van der Waals surface area contributed by atoms with Gasteiger partial charge in [-0.25, -0.2) is 15.0 Å². The Hall–Kier alpha value is -1.91. The molecule has 1 atom stereocenters. The summed E-state index contributed by atoms with van der Waals surface area (Å²) in [5, 5.41) is 2.03. The van der Waals surface area contributed by atoms with E-state index in [2.05, 4.69) is 21.8 Å². The number of halogens is 2. The Kier molecular flexibility index (Phi) is 4.87. The smallest absolute Gasteiger partial charge is 0.139 e. The number of hydrogen-bond acceptors (Lipinski definition) is 4. The third-order valence-corrected chi connectivity index (χ3v) is 8.00. The lowest BCUT2D eigenvalue weighted by atomic mass is 9.71. The zero-order chi connectivity index (χ0) is 20.0. The van der Waals surface area contributed by atoms with Crippen LogP contribution in [0.4, 0.5) is 5.82 Å². The van der Waals surface area contributed by atoms with Crippen LogP contribution in [0, 0.1) is 11.3 Å². The van der Waals surface area contributed by atoms with E-state index in [1.165, 1.54) is 32.1 Å². The topological polar surface area (TPSA) is 41.9 Å². The molecule has 3 heterocycles. The minimum atomic E-state index is 0.527. The molecule has 1 aliphatic heterocycles. The molecule has 1 saturated carbocycles. The first-order valence-corrected chi connectivity index (χ1v) is 11.1. The second-order valence-corrected chi connectivity index (χ2v) is 9.31. The molecule has 0 amide bonds. The molecular formula is C23H24Cl2N4. The fourth-order valence-electron chi connectivity index (χ4n) is 5.34. The van der Waals surface area contributed by atoms with Gasteiger partial charge in [0, 0.05) is 36.6 Å². The van der Waals surface area contributed by atoms with Crippen LogP contribution in [0.15, 0.2) is 36.9 Å². The molecule has 0 unspecified atom stereocenters. The maximum Gasteiger partial charge on any atom is 0.139 e. The van der Waals surface area contributed by atoms with Crippen LogP contribution in [0.25, 0.3) is 22.0 Å². The van der Waals surface area contributed by atoms with E-state index in [0.29, 0.717) is 15.5 Å². The molecule has 0 radical (unpaired) electrons. The van der Waals surface area contributed by atoms with Crippen molar-refractivity contribution in [2.45, 2.75) is 39.0 Å². The number of benzene rings is 1. The Labute approximate surface area is 181 Å². The van der Waals surface area contributed by atoms with E-state index in [1.807, 2.05) is 24.5 Å². The maximum atomic E-state index is 6.49. The number of piperidine rings is 1. The average molecular weight is 427 g/mol. The summed E-state index contributed by atoms with van der Waals surface area (Å²) in [7, 11) is 0. The molecule has 1 spiro atoms. The zero-order valence-corrected chi connectivity index (χ0v) is 18.0. The van der Waals surface area contributed by atoms with Gasteiger partial charge < -0.3 is 4.90 Å². The second-order valence-electron chi connectivity index (χ2n) is 8.52. The molecule has 2 aromatic heterocycles. The summed E-state index contributed by atoms with van der Waals surface area (Å²) in [6, 6.07) is 5.65. The molecule has 29 heavy (non-hydrogen) atoms. The predicted octanol–water partition coefficient (Wildman–Crippen LogP) is 6.41. The average Bonchev–Trinajstić information content (AvgIpc) is 3.10. The van der Waals surface area contributed by atoms with Crippen molar-refractivity contribution < 1.29 is 0 Å². The first-order valence-electron chi connectivity index (χ1n) is 10.4. The standard InChI is InChI=1S/C23H24Cl2N4/c1-15-4-3-7-23(15)8-10-29(11-9-23)22-18-12-26-14-28-21(18)17(13-27-22)16-5-2-6-19(24)20(16)25/h2,5-6,12-15H,3-4,7-11H2,1H3/t15-/m1/s1. The van der Waals surface area contributed by atoms with Crippen molar-refractivity contribution in [2.75, 3.05) is 18.0 Å². The monoisotopic (exact) mass is 426 g/mol. The summed E-state index contributed by atoms with van der Waals surface area (Å²) in [6.07, 6.45) is 12.0. The van der Waals surface area contributed by atoms with E-state index in [1.54, 1.807) is 12.4 Å². The lowest BCUT2D eigenvalue weighted by Crippen LogP contribution is -2.41. The van der Waals surface area contributed by atoms with Gasteiger partial charge in [-0.05, 0) is 36.7 Å². The van der Waals surface area contributed by atoms with E-state index in [4.69, 9.17) is 28.2 Å². The van der Waals surface area contributed by atoms with Gasteiger partial charge in [-0.15, -0.1) is 0 Å². The van der Waals surface area contributed by atoms with Crippen molar-refractivity contribution in [3.8, 4) is 11.1 Å². The summed E-state index contributed by atoms with van der Waals surface area (Å²) in [4.78, 5) is 16.1. The van der Waals surface area contributed by atoms with Crippen LogP contribution >= 0.6 is 23.2 Å². The quantitative estimate of drug-likeness (QED) is 0.474. The van der Waals surface area contributed by atoms with Gasteiger partial charge in [0.05, 0.1) is 20.9 Å². The second kappa shape index (κ2) is 7.41. The maximum absolute atomic E-state index is 6.49.